The number of rotatable bonds is 2. The van der Waals surface area contributed by atoms with Crippen molar-refractivity contribution in [3.05, 3.63) is 29.8 Å². The average molecular weight is 257 g/mol. The van der Waals surface area contributed by atoms with Gasteiger partial charge in [0.15, 0.2) is 0 Å². The third-order valence-electron chi connectivity index (χ3n) is 4.25. The van der Waals surface area contributed by atoms with Crippen molar-refractivity contribution in [2.45, 2.75) is 38.8 Å². The molecule has 0 spiro atoms. The molecule has 1 aromatic carbocycles. The highest BCUT2D eigenvalue weighted by molar-refractivity contribution is 5.48. The van der Waals surface area contributed by atoms with Crippen LogP contribution in [0.15, 0.2) is 24.3 Å². The van der Waals surface area contributed by atoms with Crippen LogP contribution in [0.2, 0.25) is 0 Å². The number of hydrogen-bond donors (Lipinski definition) is 0. The lowest BCUT2D eigenvalue weighted by Gasteiger charge is -2.30. The number of nitriles is 1. The van der Waals surface area contributed by atoms with E-state index in [9.17, 15) is 0 Å². The van der Waals surface area contributed by atoms with Crippen molar-refractivity contribution in [1.82, 2.24) is 4.90 Å². The Hall–Kier alpha value is -1.53. The second-order valence-electron chi connectivity index (χ2n) is 5.60. The first-order chi connectivity index (χ1) is 9.11. The summed E-state index contributed by atoms with van der Waals surface area (Å²) < 4.78 is 0. The maximum Gasteiger partial charge on any atom is 0.0638 e. The molecule has 2 atom stereocenters. The van der Waals surface area contributed by atoms with E-state index >= 15 is 0 Å². The molecule has 3 heteroatoms. The van der Waals surface area contributed by atoms with Gasteiger partial charge in [-0.1, -0.05) is 17.7 Å². The number of nitrogens with zero attached hydrogens (tertiary/aromatic N) is 3. The maximum atomic E-state index is 9.01. The largest absolute Gasteiger partial charge is 0.370 e. The molecular formula is C16H23N3. The molecule has 1 aliphatic heterocycles. The summed E-state index contributed by atoms with van der Waals surface area (Å²) in [6, 6.07) is 11.9. The number of hydrogen-bond acceptors (Lipinski definition) is 3. The summed E-state index contributed by atoms with van der Waals surface area (Å²) in [5.74, 6) is 0. The Morgan fingerprint density at radius 2 is 2.00 bits per heavy atom. The highest BCUT2D eigenvalue weighted by Crippen LogP contribution is 2.22. The minimum Gasteiger partial charge on any atom is -0.370 e. The van der Waals surface area contributed by atoms with Gasteiger partial charge in [0.2, 0.25) is 0 Å². The molecule has 1 saturated heterocycles. The van der Waals surface area contributed by atoms with Crippen molar-refractivity contribution in [3.63, 3.8) is 0 Å². The van der Waals surface area contributed by atoms with Crippen LogP contribution in [0.4, 0.5) is 5.69 Å². The van der Waals surface area contributed by atoms with E-state index in [1.807, 2.05) is 0 Å². The van der Waals surface area contributed by atoms with Gasteiger partial charge in [-0.05, 0) is 39.4 Å². The molecule has 2 unspecified atom stereocenters. The fourth-order valence-corrected chi connectivity index (χ4v) is 2.68. The molecule has 1 aliphatic rings. The number of benzene rings is 1. The van der Waals surface area contributed by atoms with E-state index in [1.54, 1.807) is 0 Å². The monoisotopic (exact) mass is 257 g/mol. The van der Waals surface area contributed by atoms with Gasteiger partial charge >= 0.3 is 0 Å². The van der Waals surface area contributed by atoms with Crippen LogP contribution in [-0.4, -0.2) is 37.1 Å². The molecule has 1 fully saturated rings. The Morgan fingerprint density at radius 3 is 2.63 bits per heavy atom. The Balaban J connectivity index is 2.17. The topological polar surface area (TPSA) is 30.3 Å². The molecule has 1 aromatic rings. The van der Waals surface area contributed by atoms with Gasteiger partial charge in [0.1, 0.15) is 0 Å². The summed E-state index contributed by atoms with van der Waals surface area (Å²) in [5, 5.41) is 9.01. The highest BCUT2D eigenvalue weighted by atomic mass is 15.2. The van der Waals surface area contributed by atoms with Crippen LogP contribution in [0.3, 0.4) is 0 Å². The van der Waals surface area contributed by atoms with E-state index in [-0.39, 0.29) is 0 Å². The Labute approximate surface area is 116 Å². The Morgan fingerprint density at radius 1 is 1.32 bits per heavy atom. The molecule has 2 rings (SSSR count). The second kappa shape index (κ2) is 6.08. The molecule has 0 radical (unpaired) electrons. The van der Waals surface area contributed by atoms with Crippen LogP contribution in [0.25, 0.3) is 0 Å². The van der Waals surface area contributed by atoms with Crippen LogP contribution in [0.5, 0.6) is 0 Å². The third-order valence-corrected chi connectivity index (χ3v) is 4.25. The molecule has 102 valence electrons. The summed E-state index contributed by atoms with van der Waals surface area (Å²) >= 11 is 0. The third kappa shape index (κ3) is 3.27. The maximum absolute atomic E-state index is 9.01. The van der Waals surface area contributed by atoms with Gasteiger partial charge in [-0.15, -0.1) is 0 Å². The van der Waals surface area contributed by atoms with Crippen LogP contribution < -0.4 is 4.90 Å². The molecule has 0 N–H and O–H groups in total. The minimum absolute atomic E-state index is 0.323. The van der Waals surface area contributed by atoms with Gasteiger partial charge < -0.3 is 4.90 Å². The zero-order chi connectivity index (χ0) is 13.8. The van der Waals surface area contributed by atoms with Gasteiger partial charge in [-0.3, -0.25) is 4.90 Å². The summed E-state index contributed by atoms with van der Waals surface area (Å²) in [6.45, 7) is 6.37. The van der Waals surface area contributed by atoms with Crippen molar-refractivity contribution in [1.29, 1.82) is 5.26 Å². The molecule has 0 saturated carbocycles. The van der Waals surface area contributed by atoms with E-state index in [0.717, 1.165) is 19.5 Å². The highest BCUT2D eigenvalue weighted by Gasteiger charge is 2.26. The predicted molar refractivity (Wildman–Crippen MR) is 79.3 cm³/mol. The lowest BCUT2D eigenvalue weighted by molar-refractivity contribution is 0.199. The fraction of sp³-hybridized carbons (Fsp3) is 0.562. The van der Waals surface area contributed by atoms with Crippen LogP contribution in [-0.2, 0) is 0 Å². The molecule has 0 amide bonds. The van der Waals surface area contributed by atoms with Crippen LogP contribution >= 0.6 is 0 Å². The zero-order valence-electron chi connectivity index (χ0n) is 12.1. The molecule has 1 heterocycles. The Kier molecular flexibility index (Phi) is 4.44. The number of aryl methyl sites for hydroxylation is 1. The van der Waals surface area contributed by atoms with Crippen LogP contribution in [0.1, 0.15) is 25.3 Å². The number of anilines is 1. The van der Waals surface area contributed by atoms with Gasteiger partial charge in [0.25, 0.3) is 0 Å². The molecule has 3 nitrogen and oxygen atoms in total. The van der Waals surface area contributed by atoms with Crippen molar-refractivity contribution in [2.24, 2.45) is 0 Å². The van der Waals surface area contributed by atoms with E-state index in [0.29, 0.717) is 18.5 Å². The summed E-state index contributed by atoms with van der Waals surface area (Å²) in [5.41, 5.74) is 2.56. The quantitative estimate of drug-likeness (QED) is 0.816. The lowest BCUT2D eigenvalue weighted by Crippen LogP contribution is -2.41. The fourth-order valence-electron chi connectivity index (χ4n) is 2.68. The first-order valence-electron chi connectivity index (χ1n) is 7.02. The number of likely N-dealkylation sites (N-methyl/N-ethyl adjacent to an activating group) is 1. The molecule has 0 bridgehead atoms. The van der Waals surface area contributed by atoms with Crippen molar-refractivity contribution in [2.75, 3.05) is 25.0 Å². The first-order valence-corrected chi connectivity index (χ1v) is 7.02. The Bertz CT molecular complexity index is 446. The smallest absolute Gasteiger partial charge is 0.0638 e. The molecule has 0 aliphatic carbocycles. The normalized spacial score (nSPS) is 24.8. The molecule has 0 aromatic heterocycles. The van der Waals surface area contributed by atoms with Gasteiger partial charge in [0.05, 0.1) is 12.5 Å². The van der Waals surface area contributed by atoms with Gasteiger partial charge in [0, 0.05) is 30.9 Å². The van der Waals surface area contributed by atoms with Crippen molar-refractivity contribution < 1.29 is 0 Å². The summed E-state index contributed by atoms with van der Waals surface area (Å²) in [4.78, 5) is 4.78. The predicted octanol–water partition coefficient (Wildman–Crippen LogP) is 2.81. The first kappa shape index (κ1) is 13.9. The molecule has 19 heavy (non-hydrogen) atoms. The second-order valence-corrected chi connectivity index (χ2v) is 5.60. The SMILES string of the molecule is Cc1ccc(N2CCC(C)N(C)C(CC#N)C2)cc1. The van der Waals surface area contributed by atoms with Crippen molar-refractivity contribution in [3.8, 4) is 6.07 Å². The average Bonchev–Trinajstić information content (AvgIpc) is 2.54. The van der Waals surface area contributed by atoms with E-state index in [4.69, 9.17) is 5.26 Å². The zero-order valence-corrected chi connectivity index (χ0v) is 12.1. The van der Waals surface area contributed by atoms with E-state index in [1.165, 1.54) is 11.3 Å². The minimum atomic E-state index is 0.323. The van der Waals surface area contributed by atoms with Crippen LogP contribution in [0, 0.1) is 18.3 Å². The van der Waals surface area contributed by atoms with E-state index in [2.05, 4.69) is 61.0 Å². The summed E-state index contributed by atoms with van der Waals surface area (Å²) in [6.07, 6.45) is 1.75. The summed E-state index contributed by atoms with van der Waals surface area (Å²) in [7, 11) is 2.14. The van der Waals surface area contributed by atoms with Crippen molar-refractivity contribution >= 4 is 5.69 Å². The van der Waals surface area contributed by atoms with Gasteiger partial charge in [-0.2, -0.15) is 5.26 Å². The van der Waals surface area contributed by atoms with Gasteiger partial charge in [-0.25, -0.2) is 0 Å². The lowest BCUT2D eigenvalue weighted by atomic mass is 10.1. The molecular weight excluding hydrogens is 234 g/mol. The standard InChI is InChI=1S/C16H23N3/c1-13-4-6-15(7-5-13)19-11-9-14(2)18(3)16(12-19)8-10-17/h4-7,14,16H,8-9,11-12H2,1-3H3. The van der Waals surface area contributed by atoms with E-state index < -0.39 is 0 Å².